The molecule has 44 heavy (non-hydrogen) atoms. The topological polar surface area (TPSA) is 97.4 Å². The Kier molecular flexibility index (Phi) is 12.0. The molecule has 4 aliphatic carbocycles. The Morgan fingerprint density at radius 2 is 1.77 bits per heavy atom. The summed E-state index contributed by atoms with van der Waals surface area (Å²) in [5, 5.41) is 7.28. The normalized spacial score (nSPS) is 32.1. The number of hydrogen-bond donors (Lipinski definition) is 2. The zero-order valence-electron chi connectivity index (χ0n) is 28.5. The van der Waals surface area contributed by atoms with E-state index < -0.39 is 0 Å². The molecule has 0 amide bonds. The molecule has 0 saturated heterocycles. The van der Waals surface area contributed by atoms with Gasteiger partial charge in [-0.05, 0) is 106 Å². The molecule has 6 rings (SSSR count). The minimum absolute atomic E-state index is 0.0257. The minimum atomic E-state index is -0.0407. The van der Waals surface area contributed by atoms with Gasteiger partial charge >= 0.3 is 0 Å². The predicted molar refractivity (Wildman–Crippen MR) is 185 cm³/mol. The van der Waals surface area contributed by atoms with Crippen molar-refractivity contribution in [3.05, 3.63) is 83.0 Å². The molecule has 7 atom stereocenters. The van der Waals surface area contributed by atoms with Gasteiger partial charge in [-0.1, -0.05) is 87.9 Å². The number of allylic oxidation sites excluding steroid dienone is 4. The van der Waals surface area contributed by atoms with Crippen LogP contribution in [0.25, 0.3) is 10.9 Å². The summed E-state index contributed by atoms with van der Waals surface area (Å²) in [5.41, 5.74) is 11.4. The molecule has 1 aromatic heterocycles. The maximum atomic E-state index is 12.0. The van der Waals surface area contributed by atoms with Crippen molar-refractivity contribution in [2.45, 2.75) is 105 Å². The second-order valence-electron chi connectivity index (χ2n) is 13.2. The lowest BCUT2D eigenvalue weighted by Crippen LogP contribution is -2.63. The Morgan fingerprint density at radius 1 is 1.11 bits per heavy atom. The van der Waals surface area contributed by atoms with E-state index in [1.165, 1.54) is 49.3 Å². The van der Waals surface area contributed by atoms with E-state index in [-0.39, 0.29) is 28.3 Å². The highest BCUT2D eigenvalue weighted by molar-refractivity contribution is 6.01. The number of aryl methyl sites for hydroxylation is 1. The summed E-state index contributed by atoms with van der Waals surface area (Å²) in [6, 6.07) is 12.3. The molecule has 0 bridgehead atoms. The first-order valence-electron chi connectivity index (χ1n) is 16.7. The van der Waals surface area contributed by atoms with Crippen molar-refractivity contribution >= 4 is 16.7 Å². The molecule has 4 aliphatic rings. The van der Waals surface area contributed by atoms with Gasteiger partial charge in [-0.2, -0.15) is 4.91 Å². The van der Waals surface area contributed by atoms with Crippen LogP contribution in [0.2, 0.25) is 0 Å². The molecule has 0 spiro atoms. The van der Waals surface area contributed by atoms with Crippen LogP contribution in [-0.4, -0.2) is 29.5 Å². The van der Waals surface area contributed by atoms with Crippen molar-refractivity contribution in [3.8, 4) is 0 Å². The van der Waals surface area contributed by atoms with Crippen LogP contribution in [-0.2, 0) is 4.79 Å². The first kappa shape index (κ1) is 35.5. The second kappa shape index (κ2) is 14.9. The lowest BCUT2D eigenvalue weighted by atomic mass is 9.46. The summed E-state index contributed by atoms with van der Waals surface area (Å²) in [7, 11) is 1.19. The lowest BCUT2D eigenvalue weighted by Gasteiger charge is -2.60. The summed E-state index contributed by atoms with van der Waals surface area (Å²) in [4.78, 5) is 24.9. The molecule has 2 aromatic rings. The van der Waals surface area contributed by atoms with Crippen molar-refractivity contribution in [3.63, 3.8) is 0 Å². The molecule has 6 nitrogen and oxygen atoms in total. The summed E-state index contributed by atoms with van der Waals surface area (Å²) in [6.45, 7) is 19.7. The lowest BCUT2D eigenvalue weighted by molar-refractivity contribution is -0.111. The van der Waals surface area contributed by atoms with Crippen molar-refractivity contribution in [1.82, 2.24) is 10.3 Å². The fraction of sp³-hybridized carbons (Fsp3) is 0.579. The average molecular weight is 601 g/mol. The van der Waals surface area contributed by atoms with Crippen LogP contribution in [0, 0.1) is 40.4 Å². The highest BCUT2D eigenvalue weighted by atomic mass is 16.2. The number of aromatic nitrogens is 1. The molecule has 0 aliphatic heterocycles. The third kappa shape index (κ3) is 6.67. The minimum Gasteiger partial charge on any atom is -0.316 e. The molecular weight excluding hydrogens is 544 g/mol. The van der Waals surface area contributed by atoms with E-state index in [1.54, 1.807) is 0 Å². The number of fused-ring (bicyclic) bond motifs is 6. The van der Waals surface area contributed by atoms with E-state index in [0.29, 0.717) is 11.8 Å². The molecule has 3 saturated carbocycles. The van der Waals surface area contributed by atoms with Gasteiger partial charge in [0.25, 0.3) is 0 Å². The number of benzene rings is 1. The van der Waals surface area contributed by atoms with Gasteiger partial charge in [0.05, 0.1) is 18.7 Å². The fourth-order valence-electron chi connectivity index (χ4n) is 9.02. The van der Waals surface area contributed by atoms with E-state index in [4.69, 9.17) is 10.6 Å². The third-order valence-electron chi connectivity index (χ3n) is 11.0. The zero-order chi connectivity index (χ0) is 32.7. The number of nitrogens with zero attached hydrogens (tertiary/aromatic N) is 2. The average Bonchev–Trinajstić information content (AvgIpc) is 3.31. The van der Waals surface area contributed by atoms with Crippen LogP contribution in [0.3, 0.4) is 0 Å². The van der Waals surface area contributed by atoms with E-state index in [2.05, 4.69) is 68.0 Å². The van der Waals surface area contributed by atoms with E-state index in [0.717, 1.165) is 36.4 Å². The zero-order valence-corrected chi connectivity index (χ0v) is 28.5. The highest BCUT2D eigenvalue weighted by Gasteiger charge is 2.64. The van der Waals surface area contributed by atoms with Gasteiger partial charge in [0, 0.05) is 22.0 Å². The number of nitroso groups, excluding NO2 is 1. The number of para-hydroxylation sites is 1. The second-order valence-corrected chi connectivity index (χ2v) is 13.2. The van der Waals surface area contributed by atoms with Gasteiger partial charge in [-0.3, -0.25) is 15.1 Å². The Labute approximate surface area is 266 Å². The Hall–Kier alpha value is -2.96. The predicted octanol–water partition coefficient (Wildman–Crippen LogP) is 8.85. The maximum Gasteiger partial charge on any atom is 0.178 e. The molecule has 1 heterocycles. The van der Waals surface area contributed by atoms with Crippen LogP contribution < -0.4 is 11.1 Å². The van der Waals surface area contributed by atoms with Crippen LogP contribution in [0.5, 0.6) is 0 Å². The molecule has 0 radical (unpaired) electrons. The van der Waals surface area contributed by atoms with Crippen molar-refractivity contribution in [1.29, 1.82) is 0 Å². The molecule has 6 unspecified atom stereocenters. The molecular formula is C38H56N4O2. The van der Waals surface area contributed by atoms with E-state index in [9.17, 15) is 4.79 Å². The molecule has 240 valence electrons. The van der Waals surface area contributed by atoms with Crippen LogP contribution in [0.1, 0.15) is 92.2 Å². The summed E-state index contributed by atoms with van der Waals surface area (Å²) < 4.78 is 0. The first-order valence-corrected chi connectivity index (χ1v) is 16.7. The van der Waals surface area contributed by atoms with Gasteiger partial charge in [0.15, 0.2) is 5.78 Å². The standard InChI is InChI=1S/C25H38N2O.C10H9N.C2H6.CH3NO/c1-6-16(2)25(27-17(3)26)14-11-22-20-8-7-18-15-19(28)9-12-23(18,4)21(20)10-13-24(22,25)5;1-8-6-7-9-4-2-3-5-10(9)11-8;1-2;1-2-3/h9,12,15,17,20-22,27H,2,6-8,10-11,13-14,26H2,1,3-5H3;2-7H,1H3;1-2H3;1H3/t17?,20?,21?,22?,23?,24?,25-;;;/m0.../s1. The highest BCUT2D eigenvalue weighted by Crippen LogP contribution is 2.68. The molecule has 3 N–H and O–H groups in total. The van der Waals surface area contributed by atoms with E-state index >= 15 is 0 Å². The number of carbonyl (C=O) groups excluding carboxylic acids is 1. The number of carbonyl (C=O) groups is 1. The smallest absolute Gasteiger partial charge is 0.178 e. The number of nitrogens with two attached hydrogens (primary N) is 1. The third-order valence-corrected chi connectivity index (χ3v) is 11.0. The molecule has 1 aromatic carbocycles. The summed E-state index contributed by atoms with van der Waals surface area (Å²) in [6.07, 6.45) is 14.1. The number of rotatable bonds is 4. The van der Waals surface area contributed by atoms with Gasteiger partial charge in [0.1, 0.15) is 0 Å². The van der Waals surface area contributed by atoms with Crippen molar-refractivity contribution < 1.29 is 4.79 Å². The van der Waals surface area contributed by atoms with Gasteiger partial charge in [0.2, 0.25) is 0 Å². The number of pyridine rings is 1. The molecule has 3 fully saturated rings. The van der Waals surface area contributed by atoms with Gasteiger partial charge < -0.3 is 5.73 Å². The fourth-order valence-corrected chi connectivity index (χ4v) is 9.02. The number of ketones is 1. The van der Waals surface area contributed by atoms with Crippen molar-refractivity contribution in [2.24, 2.45) is 39.5 Å². The SMILES string of the molecule is C=C(CC)[C@@]1(NC(C)N)CCC2C3CCC4=CC(=O)C=CC4(C)C3CCC21C.CC.CN=O.Cc1ccc2ccccc2n1. The van der Waals surface area contributed by atoms with Gasteiger partial charge in [-0.15, -0.1) is 0 Å². The number of hydrogen-bond acceptors (Lipinski definition) is 6. The maximum absolute atomic E-state index is 12.0. The number of nitrogens with one attached hydrogen (secondary N) is 1. The van der Waals surface area contributed by atoms with E-state index in [1.807, 2.05) is 57.2 Å². The van der Waals surface area contributed by atoms with Crippen molar-refractivity contribution in [2.75, 3.05) is 7.05 Å². The monoisotopic (exact) mass is 600 g/mol. The first-order chi connectivity index (χ1) is 21.0. The Balaban J connectivity index is 0.000000273. The van der Waals surface area contributed by atoms with Crippen LogP contribution in [0.4, 0.5) is 0 Å². The largest absolute Gasteiger partial charge is 0.316 e. The summed E-state index contributed by atoms with van der Waals surface area (Å²) >= 11 is 0. The van der Waals surface area contributed by atoms with Gasteiger partial charge in [-0.25, -0.2) is 0 Å². The summed E-state index contributed by atoms with van der Waals surface area (Å²) in [5.74, 6) is 2.24. The van der Waals surface area contributed by atoms with Crippen LogP contribution in [0.15, 0.2) is 77.5 Å². The Morgan fingerprint density at radius 3 is 2.43 bits per heavy atom. The quantitative estimate of drug-likeness (QED) is 0.208. The Bertz CT molecular complexity index is 1380. The van der Waals surface area contributed by atoms with Crippen LogP contribution >= 0.6 is 0 Å². The molecule has 6 heteroatoms.